The van der Waals surface area contributed by atoms with Gasteiger partial charge in [0, 0.05) is 10.4 Å². The highest BCUT2D eigenvalue weighted by atomic mass is 35.5. The molecule has 1 aromatic carbocycles. The summed E-state index contributed by atoms with van der Waals surface area (Å²) in [6.45, 7) is 0. The molecule has 0 aliphatic heterocycles. The van der Waals surface area contributed by atoms with Gasteiger partial charge >= 0.3 is 11.9 Å². The Morgan fingerprint density at radius 2 is 1.79 bits per heavy atom. The van der Waals surface area contributed by atoms with Gasteiger partial charge in [0.2, 0.25) is 0 Å². The molecule has 0 atom stereocenters. The summed E-state index contributed by atoms with van der Waals surface area (Å²) in [5, 5.41) is 1.15. The summed E-state index contributed by atoms with van der Waals surface area (Å²) in [7, 11) is 2.45. The van der Waals surface area contributed by atoms with Crippen molar-refractivity contribution in [1.29, 1.82) is 0 Å². The molecule has 0 fully saturated rings. The lowest BCUT2D eigenvalue weighted by Crippen LogP contribution is -2.14. The first-order valence-corrected chi connectivity index (χ1v) is 5.71. The maximum Gasteiger partial charge on any atom is 0.357 e. The number of pyridine rings is 1. The van der Waals surface area contributed by atoms with E-state index in [1.54, 1.807) is 18.2 Å². The van der Waals surface area contributed by atoms with E-state index < -0.39 is 11.9 Å². The molecule has 1 heterocycles. The predicted molar refractivity (Wildman–Crippen MR) is 69.4 cm³/mol. The molecule has 0 N–H and O–H groups in total. The Balaban J connectivity index is 2.73. The number of esters is 2. The molecule has 1 aromatic heterocycles. The fourth-order valence-electron chi connectivity index (χ4n) is 1.67. The minimum Gasteiger partial charge on any atom is -0.465 e. The average Bonchev–Trinajstić information content (AvgIpc) is 2.44. The summed E-state index contributed by atoms with van der Waals surface area (Å²) in [6, 6.07) is 6.46. The second-order valence-electron chi connectivity index (χ2n) is 3.70. The fourth-order valence-corrected chi connectivity index (χ4v) is 1.85. The van der Waals surface area contributed by atoms with Gasteiger partial charge in [0.15, 0.2) is 5.69 Å². The second-order valence-corrected chi connectivity index (χ2v) is 4.14. The minimum atomic E-state index is -0.697. The third kappa shape index (κ3) is 2.51. The lowest BCUT2D eigenvalue weighted by molar-refractivity contribution is 0.0550. The van der Waals surface area contributed by atoms with Crippen LogP contribution >= 0.6 is 11.6 Å². The first kappa shape index (κ1) is 13.3. The van der Waals surface area contributed by atoms with E-state index in [0.717, 1.165) is 0 Å². The number of fused-ring (bicyclic) bond motifs is 1. The van der Waals surface area contributed by atoms with Crippen LogP contribution in [0.15, 0.2) is 24.3 Å². The van der Waals surface area contributed by atoms with Gasteiger partial charge < -0.3 is 9.47 Å². The number of carbonyl (C=O) groups excluding carboxylic acids is 2. The summed E-state index contributed by atoms with van der Waals surface area (Å²) in [5.74, 6) is -1.35. The third-order valence-electron chi connectivity index (χ3n) is 2.56. The molecular formula is C13H10ClNO4. The molecule has 0 amide bonds. The Morgan fingerprint density at radius 1 is 1.11 bits per heavy atom. The first-order chi connectivity index (χ1) is 9.06. The van der Waals surface area contributed by atoms with E-state index in [1.165, 1.54) is 20.3 Å². The number of nitrogens with zero attached hydrogens (tertiary/aromatic N) is 1. The van der Waals surface area contributed by atoms with Crippen molar-refractivity contribution in [3.05, 3.63) is 40.5 Å². The average molecular weight is 280 g/mol. The van der Waals surface area contributed by atoms with Crippen LogP contribution in [0.25, 0.3) is 10.9 Å². The van der Waals surface area contributed by atoms with Crippen LogP contribution in [0.3, 0.4) is 0 Å². The molecule has 0 saturated carbocycles. The monoisotopic (exact) mass is 279 g/mol. The SMILES string of the molecule is COC(=O)c1cc2cc(Cl)ccc2nc1C(=O)OC. The summed E-state index contributed by atoms with van der Waals surface area (Å²) < 4.78 is 9.24. The topological polar surface area (TPSA) is 65.5 Å². The van der Waals surface area contributed by atoms with E-state index in [0.29, 0.717) is 15.9 Å². The molecule has 2 rings (SSSR count). The van der Waals surface area contributed by atoms with E-state index in [9.17, 15) is 9.59 Å². The molecule has 0 aliphatic carbocycles. The van der Waals surface area contributed by atoms with Gasteiger partial charge in [-0.1, -0.05) is 11.6 Å². The van der Waals surface area contributed by atoms with Gasteiger partial charge in [-0.25, -0.2) is 14.6 Å². The Hall–Kier alpha value is -2.14. The van der Waals surface area contributed by atoms with E-state index in [4.69, 9.17) is 11.6 Å². The molecule has 19 heavy (non-hydrogen) atoms. The molecule has 0 spiro atoms. The highest BCUT2D eigenvalue weighted by Crippen LogP contribution is 2.21. The van der Waals surface area contributed by atoms with Crippen LogP contribution in [0.2, 0.25) is 5.02 Å². The normalized spacial score (nSPS) is 10.3. The van der Waals surface area contributed by atoms with Crippen LogP contribution in [0, 0.1) is 0 Å². The third-order valence-corrected chi connectivity index (χ3v) is 2.80. The van der Waals surface area contributed by atoms with Gasteiger partial charge in [0.25, 0.3) is 0 Å². The van der Waals surface area contributed by atoms with Crippen molar-refractivity contribution >= 4 is 34.4 Å². The minimum absolute atomic E-state index is 0.0455. The van der Waals surface area contributed by atoms with Crippen LogP contribution in [-0.4, -0.2) is 31.1 Å². The van der Waals surface area contributed by atoms with E-state index in [-0.39, 0.29) is 11.3 Å². The van der Waals surface area contributed by atoms with Gasteiger partial charge in [-0.15, -0.1) is 0 Å². The summed E-state index contributed by atoms with van der Waals surface area (Å²) in [6.07, 6.45) is 0. The van der Waals surface area contributed by atoms with Gasteiger partial charge in [-0.3, -0.25) is 0 Å². The summed E-state index contributed by atoms with van der Waals surface area (Å²) in [4.78, 5) is 27.4. The number of benzene rings is 1. The Kier molecular flexibility index (Phi) is 3.66. The number of halogens is 1. The number of aromatic nitrogens is 1. The Bertz CT molecular complexity index is 669. The number of carbonyl (C=O) groups is 2. The number of rotatable bonds is 2. The molecule has 98 valence electrons. The van der Waals surface area contributed by atoms with Crippen LogP contribution in [0.5, 0.6) is 0 Å². The van der Waals surface area contributed by atoms with Crippen molar-refractivity contribution in [1.82, 2.24) is 4.98 Å². The maximum atomic E-state index is 11.7. The zero-order valence-corrected chi connectivity index (χ0v) is 11.0. The number of hydrogen-bond donors (Lipinski definition) is 0. The lowest BCUT2D eigenvalue weighted by Gasteiger charge is -2.07. The second kappa shape index (κ2) is 5.24. The molecule has 0 bridgehead atoms. The highest BCUT2D eigenvalue weighted by Gasteiger charge is 2.21. The Labute approximate surface area is 114 Å². The quantitative estimate of drug-likeness (QED) is 0.790. The van der Waals surface area contributed by atoms with Crippen molar-refractivity contribution in [3.8, 4) is 0 Å². The van der Waals surface area contributed by atoms with Gasteiger partial charge in [-0.2, -0.15) is 0 Å². The first-order valence-electron chi connectivity index (χ1n) is 5.33. The molecule has 6 heteroatoms. The van der Waals surface area contributed by atoms with Crippen LogP contribution in [0.1, 0.15) is 20.8 Å². The van der Waals surface area contributed by atoms with Crippen LogP contribution in [0.4, 0.5) is 0 Å². The fraction of sp³-hybridized carbons (Fsp3) is 0.154. The zero-order chi connectivity index (χ0) is 14.0. The summed E-state index contributed by atoms with van der Waals surface area (Å²) in [5.41, 5.74) is 0.505. The number of ether oxygens (including phenoxy) is 2. The van der Waals surface area contributed by atoms with Gasteiger partial charge in [-0.05, 0) is 24.3 Å². The molecule has 2 aromatic rings. The smallest absolute Gasteiger partial charge is 0.357 e. The van der Waals surface area contributed by atoms with E-state index >= 15 is 0 Å². The van der Waals surface area contributed by atoms with Crippen molar-refractivity contribution in [2.75, 3.05) is 14.2 Å². The Morgan fingerprint density at radius 3 is 2.42 bits per heavy atom. The van der Waals surface area contributed by atoms with Gasteiger partial charge in [0.1, 0.15) is 0 Å². The zero-order valence-electron chi connectivity index (χ0n) is 10.3. The highest BCUT2D eigenvalue weighted by molar-refractivity contribution is 6.31. The lowest BCUT2D eigenvalue weighted by atomic mass is 10.1. The molecule has 0 unspecified atom stereocenters. The largest absolute Gasteiger partial charge is 0.465 e. The number of methoxy groups -OCH3 is 2. The molecule has 5 nitrogen and oxygen atoms in total. The molecule has 0 saturated heterocycles. The van der Waals surface area contributed by atoms with Crippen LogP contribution < -0.4 is 0 Å². The van der Waals surface area contributed by atoms with E-state index in [2.05, 4.69) is 14.5 Å². The standard InChI is InChI=1S/C13H10ClNO4/c1-18-12(16)9-6-7-5-8(14)3-4-10(7)15-11(9)13(17)19-2/h3-6H,1-2H3. The van der Waals surface area contributed by atoms with Gasteiger partial charge in [0.05, 0.1) is 25.3 Å². The maximum absolute atomic E-state index is 11.7. The molecule has 0 aliphatic rings. The van der Waals surface area contributed by atoms with Crippen molar-refractivity contribution in [2.24, 2.45) is 0 Å². The molecular weight excluding hydrogens is 270 g/mol. The van der Waals surface area contributed by atoms with Crippen molar-refractivity contribution in [2.45, 2.75) is 0 Å². The molecule has 0 radical (unpaired) electrons. The predicted octanol–water partition coefficient (Wildman–Crippen LogP) is 2.46. The number of hydrogen-bond acceptors (Lipinski definition) is 5. The van der Waals surface area contributed by atoms with Crippen molar-refractivity contribution in [3.63, 3.8) is 0 Å². The summed E-state index contributed by atoms with van der Waals surface area (Å²) >= 11 is 5.88. The van der Waals surface area contributed by atoms with Crippen LogP contribution in [-0.2, 0) is 9.47 Å². The van der Waals surface area contributed by atoms with Crippen molar-refractivity contribution < 1.29 is 19.1 Å². The van der Waals surface area contributed by atoms with E-state index in [1.807, 2.05) is 0 Å².